The van der Waals surface area contributed by atoms with Crippen molar-refractivity contribution in [2.75, 3.05) is 25.1 Å². The van der Waals surface area contributed by atoms with E-state index in [4.69, 9.17) is 14.2 Å². The molecule has 1 N–H and O–H groups in total. The first-order valence-corrected chi connectivity index (χ1v) is 8.77. The third-order valence-corrected chi connectivity index (χ3v) is 3.94. The molecule has 140 valence electrons. The van der Waals surface area contributed by atoms with Crippen LogP contribution in [0.4, 0.5) is 5.69 Å². The summed E-state index contributed by atoms with van der Waals surface area (Å²) in [6.45, 7) is 2.72. The lowest BCUT2D eigenvalue weighted by molar-refractivity contribution is -0.142. The molecule has 6 heteroatoms. The van der Waals surface area contributed by atoms with Gasteiger partial charge in [0.25, 0.3) is 5.91 Å². The van der Waals surface area contributed by atoms with Crippen molar-refractivity contribution in [3.8, 4) is 11.5 Å². The smallest absolute Gasteiger partial charge is 0.331 e. The normalized spacial score (nSPS) is 12.6. The molecule has 0 fully saturated rings. The van der Waals surface area contributed by atoms with Crippen LogP contribution in [0, 0.1) is 0 Å². The van der Waals surface area contributed by atoms with Gasteiger partial charge in [0.1, 0.15) is 13.2 Å². The Morgan fingerprint density at radius 3 is 2.74 bits per heavy atom. The lowest BCUT2D eigenvalue weighted by Crippen LogP contribution is -2.20. The van der Waals surface area contributed by atoms with Crippen molar-refractivity contribution in [3.05, 3.63) is 59.7 Å². The second-order valence-electron chi connectivity index (χ2n) is 5.95. The molecule has 0 spiro atoms. The first-order valence-electron chi connectivity index (χ1n) is 8.77. The minimum atomic E-state index is -0.595. The molecule has 1 amide bonds. The summed E-state index contributed by atoms with van der Waals surface area (Å²) in [6, 6.07) is 12.9. The molecule has 1 aliphatic rings. The van der Waals surface area contributed by atoms with Gasteiger partial charge in [-0.3, -0.25) is 4.79 Å². The molecular formula is C21H21NO5. The van der Waals surface area contributed by atoms with Crippen LogP contribution < -0.4 is 14.8 Å². The zero-order chi connectivity index (χ0) is 19.1. The van der Waals surface area contributed by atoms with Gasteiger partial charge in [0.05, 0.1) is 0 Å². The van der Waals surface area contributed by atoms with Crippen molar-refractivity contribution in [3.63, 3.8) is 0 Å². The van der Waals surface area contributed by atoms with Crippen molar-refractivity contribution in [1.29, 1.82) is 0 Å². The number of nitrogens with one attached hydrogen (secondary N) is 1. The second kappa shape index (κ2) is 8.89. The van der Waals surface area contributed by atoms with Gasteiger partial charge in [-0.2, -0.15) is 0 Å². The number of aryl methyl sites for hydroxylation is 1. The van der Waals surface area contributed by atoms with Crippen LogP contribution in [-0.4, -0.2) is 31.7 Å². The van der Waals surface area contributed by atoms with Crippen LogP contribution >= 0.6 is 0 Å². The summed E-state index contributed by atoms with van der Waals surface area (Å²) in [5, 5.41) is 2.71. The van der Waals surface area contributed by atoms with E-state index in [-0.39, 0.29) is 12.5 Å². The topological polar surface area (TPSA) is 73.9 Å². The average molecular weight is 367 g/mol. The summed E-state index contributed by atoms with van der Waals surface area (Å²) < 4.78 is 15.9. The van der Waals surface area contributed by atoms with Crippen molar-refractivity contribution in [2.45, 2.75) is 13.3 Å². The predicted octanol–water partition coefficient (Wildman–Crippen LogP) is 3.22. The maximum atomic E-state index is 11.9. The Balaban J connectivity index is 1.48. The van der Waals surface area contributed by atoms with E-state index in [0.717, 1.165) is 17.5 Å². The lowest BCUT2D eigenvalue weighted by Gasteiger charge is -2.18. The van der Waals surface area contributed by atoms with Crippen LogP contribution in [0.2, 0.25) is 0 Å². The number of fused-ring (bicyclic) bond motifs is 1. The number of esters is 1. The van der Waals surface area contributed by atoms with Gasteiger partial charge in [-0.05, 0) is 47.9 Å². The highest BCUT2D eigenvalue weighted by Crippen LogP contribution is 2.31. The van der Waals surface area contributed by atoms with E-state index >= 15 is 0 Å². The van der Waals surface area contributed by atoms with Gasteiger partial charge >= 0.3 is 5.97 Å². The SMILES string of the molecule is CCc1cccc(NC(=O)COC(=O)/C=C/c2ccc3c(c2)OCCO3)c1. The zero-order valence-electron chi connectivity index (χ0n) is 15.1. The number of carbonyl (C=O) groups excluding carboxylic acids is 2. The molecule has 6 nitrogen and oxygen atoms in total. The van der Waals surface area contributed by atoms with Crippen LogP contribution in [0.3, 0.4) is 0 Å². The lowest BCUT2D eigenvalue weighted by atomic mass is 10.1. The Morgan fingerprint density at radius 2 is 1.93 bits per heavy atom. The van der Waals surface area contributed by atoms with Crippen molar-refractivity contribution in [2.24, 2.45) is 0 Å². The molecule has 1 heterocycles. The van der Waals surface area contributed by atoms with Gasteiger partial charge in [-0.25, -0.2) is 4.79 Å². The van der Waals surface area contributed by atoms with E-state index in [1.54, 1.807) is 24.3 Å². The van der Waals surface area contributed by atoms with E-state index in [1.807, 2.05) is 31.2 Å². The Hall–Kier alpha value is -3.28. The number of benzene rings is 2. The fourth-order valence-electron chi connectivity index (χ4n) is 2.58. The number of hydrogen-bond donors (Lipinski definition) is 1. The minimum absolute atomic E-state index is 0.347. The largest absolute Gasteiger partial charge is 0.486 e. The summed E-state index contributed by atoms with van der Waals surface area (Å²) in [6.07, 6.45) is 3.75. The molecule has 0 aliphatic carbocycles. The molecule has 0 atom stereocenters. The van der Waals surface area contributed by atoms with E-state index in [0.29, 0.717) is 30.4 Å². The summed E-state index contributed by atoms with van der Waals surface area (Å²) in [7, 11) is 0. The Kier molecular flexibility index (Phi) is 6.10. The molecule has 27 heavy (non-hydrogen) atoms. The fraction of sp³-hybridized carbons (Fsp3) is 0.238. The molecule has 1 aliphatic heterocycles. The molecule has 3 rings (SSSR count). The fourth-order valence-corrected chi connectivity index (χ4v) is 2.58. The average Bonchev–Trinajstić information content (AvgIpc) is 2.70. The van der Waals surface area contributed by atoms with Crippen LogP contribution in [-0.2, 0) is 20.7 Å². The van der Waals surface area contributed by atoms with Crippen LogP contribution in [0.25, 0.3) is 6.08 Å². The molecule has 0 aromatic heterocycles. The second-order valence-corrected chi connectivity index (χ2v) is 5.95. The first-order chi connectivity index (χ1) is 13.1. The molecule has 2 aromatic rings. The highest BCUT2D eigenvalue weighted by atomic mass is 16.6. The molecule has 0 saturated carbocycles. The number of hydrogen-bond acceptors (Lipinski definition) is 5. The van der Waals surface area contributed by atoms with E-state index in [1.165, 1.54) is 6.08 Å². The minimum Gasteiger partial charge on any atom is -0.486 e. The Bertz CT molecular complexity index is 859. The van der Waals surface area contributed by atoms with Gasteiger partial charge in [0.2, 0.25) is 0 Å². The van der Waals surface area contributed by atoms with Crippen LogP contribution in [0.1, 0.15) is 18.1 Å². The number of carbonyl (C=O) groups is 2. The Morgan fingerprint density at radius 1 is 1.11 bits per heavy atom. The monoisotopic (exact) mass is 367 g/mol. The number of anilines is 1. The summed E-state index contributed by atoms with van der Waals surface area (Å²) in [5.74, 6) is 0.349. The number of ether oxygens (including phenoxy) is 3. The molecule has 0 bridgehead atoms. The molecule has 0 radical (unpaired) electrons. The molecular weight excluding hydrogens is 346 g/mol. The third kappa shape index (κ3) is 5.34. The molecule has 0 saturated heterocycles. The van der Waals surface area contributed by atoms with Crippen molar-refractivity contribution >= 4 is 23.6 Å². The highest BCUT2D eigenvalue weighted by Gasteiger charge is 2.11. The standard InChI is InChI=1S/C21H21NO5/c1-2-15-4-3-5-17(12-15)22-20(23)14-27-21(24)9-7-16-6-8-18-19(13-16)26-11-10-25-18/h3-9,12-13H,2,10-11,14H2,1H3,(H,22,23)/b9-7+. The van der Waals surface area contributed by atoms with E-state index in [9.17, 15) is 9.59 Å². The zero-order valence-corrected chi connectivity index (χ0v) is 15.1. The van der Waals surface area contributed by atoms with Gasteiger partial charge in [-0.1, -0.05) is 25.1 Å². The third-order valence-electron chi connectivity index (χ3n) is 3.94. The van der Waals surface area contributed by atoms with Gasteiger partial charge < -0.3 is 19.5 Å². The number of rotatable bonds is 6. The quantitative estimate of drug-likeness (QED) is 0.627. The summed E-state index contributed by atoms with van der Waals surface area (Å²) in [5.41, 5.74) is 2.58. The molecule has 0 unspecified atom stereocenters. The predicted molar refractivity (Wildman–Crippen MR) is 102 cm³/mol. The van der Waals surface area contributed by atoms with Crippen molar-refractivity contribution < 1.29 is 23.8 Å². The maximum Gasteiger partial charge on any atom is 0.331 e. The first kappa shape index (κ1) is 18.5. The summed E-state index contributed by atoms with van der Waals surface area (Å²) in [4.78, 5) is 23.7. The maximum absolute atomic E-state index is 11.9. The van der Waals surface area contributed by atoms with Crippen LogP contribution in [0.5, 0.6) is 11.5 Å². The number of amides is 1. The highest BCUT2D eigenvalue weighted by molar-refractivity contribution is 5.94. The summed E-state index contributed by atoms with van der Waals surface area (Å²) >= 11 is 0. The Labute approximate surface area is 157 Å². The molecule has 2 aromatic carbocycles. The van der Waals surface area contributed by atoms with E-state index < -0.39 is 5.97 Å². The van der Waals surface area contributed by atoms with Crippen LogP contribution in [0.15, 0.2) is 48.5 Å². The van der Waals surface area contributed by atoms with Gasteiger partial charge in [-0.15, -0.1) is 0 Å². The van der Waals surface area contributed by atoms with Gasteiger partial charge in [0.15, 0.2) is 18.1 Å². The van der Waals surface area contributed by atoms with Crippen molar-refractivity contribution in [1.82, 2.24) is 0 Å². The van der Waals surface area contributed by atoms with E-state index in [2.05, 4.69) is 5.32 Å². The van der Waals surface area contributed by atoms with Gasteiger partial charge in [0, 0.05) is 11.8 Å².